The number of rotatable bonds is 5. The molecule has 7 nitrogen and oxygen atoms in total. The Morgan fingerprint density at radius 2 is 1.86 bits per heavy atom. The minimum absolute atomic E-state index is 0.468. The van der Waals surface area contributed by atoms with Crippen molar-refractivity contribution in [2.45, 2.75) is 17.9 Å². The highest BCUT2D eigenvalue weighted by Crippen LogP contribution is 2.24. The molecule has 0 N–H and O–H groups in total. The van der Waals surface area contributed by atoms with E-state index in [0.717, 1.165) is 11.3 Å². The van der Waals surface area contributed by atoms with E-state index in [9.17, 15) is 0 Å². The molecule has 0 spiro atoms. The van der Waals surface area contributed by atoms with Gasteiger partial charge in [-0.05, 0) is 24.3 Å². The normalized spacial score (nSPS) is 10.8. The summed E-state index contributed by atoms with van der Waals surface area (Å²) in [6.07, 6.45) is 0. The molecule has 0 unspecified atom stereocenters. The predicted octanol–water partition coefficient (Wildman–Crippen LogP) is 2.73. The van der Waals surface area contributed by atoms with Crippen molar-refractivity contribution < 1.29 is 13.6 Å². The zero-order valence-corrected chi connectivity index (χ0v) is 12.3. The predicted molar refractivity (Wildman–Crippen MR) is 74.9 cm³/mol. The van der Waals surface area contributed by atoms with Gasteiger partial charge in [0.2, 0.25) is 17.7 Å². The van der Waals surface area contributed by atoms with Gasteiger partial charge in [-0.3, -0.25) is 0 Å². The summed E-state index contributed by atoms with van der Waals surface area (Å²) >= 11 is 1.35. The SMILES string of the molecule is COc1ccc(-c2nnc(CSc3nnc(C)o3)o2)cc1. The second-order valence-corrected chi connectivity index (χ2v) is 5.03. The van der Waals surface area contributed by atoms with E-state index in [4.69, 9.17) is 13.6 Å². The molecule has 0 radical (unpaired) electrons. The van der Waals surface area contributed by atoms with E-state index in [1.807, 2.05) is 24.3 Å². The van der Waals surface area contributed by atoms with E-state index in [2.05, 4.69) is 20.4 Å². The monoisotopic (exact) mass is 304 g/mol. The number of benzene rings is 1. The van der Waals surface area contributed by atoms with Gasteiger partial charge in [0.05, 0.1) is 12.9 Å². The molecule has 0 aliphatic heterocycles. The van der Waals surface area contributed by atoms with E-state index in [-0.39, 0.29) is 0 Å². The summed E-state index contributed by atoms with van der Waals surface area (Å²) in [5.74, 6) is 2.75. The van der Waals surface area contributed by atoms with Crippen LogP contribution < -0.4 is 4.74 Å². The van der Waals surface area contributed by atoms with Crippen LogP contribution in [-0.2, 0) is 5.75 Å². The first-order valence-corrected chi connectivity index (χ1v) is 7.13. The third-order valence-electron chi connectivity index (χ3n) is 2.63. The zero-order valence-electron chi connectivity index (χ0n) is 11.4. The topological polar surface area (TPSA) is 87.1 Å². The molecule has 3 aromatic rings. The molecule has 3 rings (SSSR count). The van der Waals surface area contributed by atoms with Gasteiger partial charge in [-0.25, -0.2) is 0 Å². The molecule has 0 bridgehead atoms. The van der Waals surface area contributed by atoms with Crippen LogP contribution in [0.5, 0.6) is 5.75 Å². The molecule has 8 heteroatoms. The molecule has 2 aromatic heterocycles. The maximum absolute atomic E-state index is 5.60. The molecule has 0 saturated heterocycles. The van der Waals surface area contributed by atoms with Crippen LogP contribution in [0, 0.1) is 6.92 Å². The molecule has 1 aromatic carbocycles. The van der Waals surface area contributed by atoms with Gasteiger partial charge in [0.15, 0.2) is 0 Å². The van der Waals surface area contributed by atoms with Crippen LogP contribution in [0.1, 0.15) is 11.8 Å². The first-order chi connectivity index (χ1) is 10.2. The van der Waals surface area contributed by atoms with E-state index >= 15 is 0 Å². The number of aromatic nitrogens is 4. The van der Waals surface area contributed by atoms with Gasteiger partial charge in [0.25, 0.3) is 5.22 Å². The van der Waals surface area contributed by atoms with Crippen molar-refractivity contribution in [3.63, 3.8) is 0 Å². The molecule has 0 saturated carbocycles. The Labute approximate surface area is 124 Å². The van der Waals surface area contributed by atoms with E-state index < -0.39 is 0 Å². The first kappa shape index (κ1) is 13.6. The lowest BCUT2D eigenvalue weighted by atomic mass is 10.2. The first-order valence-electron chi connectivity index (χ1n) is 6.14. The van der Waals surface area contributed by atoms with Gasteiger partial charge in [0.1, 0.15) is 5.75 Å². The summed E-state index contributed by atoms with van der Waals surface area (Å²) in [4.78, 5) is 0. The molecule has 0 atom stereocenters. The standard InChI is InChI=1S/C13H12N4O3S/c1-8-14-17-13(19-8)21-7-11-15-16-12(20-11)9-3-5-10(18-2)6-4-9/h3-6H,7H2,1-2H3. The van der Waals surface area contributed by atoms with E-state index in [0.29, 0.717) is 28.6 Å². The van der Waals surface area contributed by atoms with Crippen LogP contribution in [0.15, 0.2) is 38.3 Å². The number of thioether (sulfide) groups is 1. The Hall–Kier alpha value is -2.35. The van der Waals surface area contributed by atoms with Crippen molar-refractivity contribution in [2.75, 3.05) is 7.11 Å². The fourth-order valence-corrected chi connectivity index (χ4v) is 2.26. The third-order valence-corrected chi connectivity index (χ3v) is 3.43. The maximum atomic E-state index is 5.60. The van der Waals surface area contributed by atoms with Crippen LogP contribution in [-0.4, -0.2) is 27.5 Å². The number of aryl methyl sites for hydroxylation is 1. The van der Waals surface area contributed by atoms with E-state index in [1.165, 1.54) is 11.8 Å². The Morgan fingerprint density at radius 1 is 1.05 bits per heavy atom. The quantitative estimate of drug-likeness (QED) is 0.665. The van der Waals surface area contributed by atoms with E-state index in [1.54, 1.807) is 14.0 Å². The summed E-state index contributed by atoms with van der Waals surface area (Å²) in [6, 6.07) is 7.42. The lowest BCUT2D eigenvalue weighted by Crippen LogP contribution is -1.82. The smallest absolute Gasteiger partial charge is 0.277 e. The fourth-order valence-electron chi connectivity index (χ4n) is 1.62. The maximum Gasteiger partial charge on any atom is 0.277 e. The lowest BCUT2D eigenvalue weighted by Gasteiger charge is -1.99. The summed E-state index contributed by atoms with van der Waals surface area (Å²) < 4.78 is 16.0. The van der Waals surface area contributed by atoms with Crippen molar-refractivity contribution in [3.8, 4) is 17.2 Å². The van der Waals surface area contributed by atoms with Crippen LogP contribution in [0.2, 0.25) is 0 Å². The molecule has 0 fully saturated rings. The second-order valence-electron chi connectivity index (χ2n) is 4.11. The second kappa shape index (κ2) is 5.96. The number of ether oxygens (including phenoxy) is 1. The minimum atomic E-state index is 0.468. The lowest BCUT2D eigenvalue weighted by molar-refractivity contribution is 0.415. The third kappa shape index (κ3) is 3.22. The minimum Gasteiger partial charge on any atom is -0.497 e. The van der Waals surface area contributed by atoms with Gasteiger partial charge >= 0.3 is 0 Å². The summed E-state index contributed by atoms with van der Waals surface area (Å²) in [7, 11) is 1.62. The van der Waals surface area contributed by atoms with Crippen LogP contribution in [0.25, 0.3) is 11.5 Å². The van der Waals surface area contributed by atoms with Gasteiger partial charge in [-0.15, -0.1) is 20.4 Å². The van der Waals surface area contributed by atoms with Gasteiger partial charge in [0, 0.05) is 12.5 Å². The molecule has 21 heavy (non-hydrogen) atoms. The highest BCUT2D eigenvalue weighted by Gasteiger charge is 2.11. The highest BCUT2D eigenvalue weighted by atomic mass is 32.2. The van der Waals surface area contributed by atoms with Crippen LogP contribution >= 0.6 is 11.8 Å². The zero-order chi connectivity index (χ0) is 14.7. The number of nitrogens with zero attached hydrogens (tertiary/aromatic N) is 4. The number of hydrogen-bond donors (Lipinski definition) is 0. The van der Waals surface area contributed by atoms with Crippen molar-refractivity contribution in [3.05, 3.63) is 36.0 Å². The van der Waals surface area contributed by atoms with Crippen LogP contribution in [0.3, 0.4) is 0 Å². The molecule has 2 heterocycles. The fraction of sp³-hybridized carbons (Fsp3) is 0.231. The number of hydrogen-bond acceptors (Lipinski definition) is 8. The van der Waals surface area contributed by atoms with Crippen molar-refractivity contribution >= 4 is 11.8 Å². The molecule has 0 amide bonds. The van der Waals surface area contributed by atoms with Gasteiger partial charge < -0.3 is 13.6 Å². The van der Waals surface area contributed by atoms with Crippen molar-refractivity contribution in [2.24, 2.45) is 0 Å². The van der Waals surface area contributed by atoms with Gasteiger partial charge in [-0.2, -0.15) is 0 Å². The summed E-state index contributed by atoms with van der Waals surface area (Å²) in [6.45, 7) is 1.74. The molecule has 0 aliphatic rings. The Morgan fingerprint density at radius 3 is 2.52 bits per heavy atom. The Kier molecular flexibility index (Phi) is 3.87. The molecular weight excluding hydrogens is 292 g/mol. The van der Waals surface area contributed by atoms with Crippen LogP contribution in [0.4, 0.5) is 0 Å². The largest absolute Gasteiger partial charge is 0.497 e. The molecule has 108 valence electrons. The summed E-state index contributed by atoms with van der Waals surface area (Å²) in [5, 5.41) is 16.1. The van der Waals surface area contributed by atoms with Gasteiger partial charge in [-0.1, -0.05) is 11.8 Å². The number of methoxy groups -OCH3 is 1. The van der Waals surface area contributed by atoms with Crippen molar-refractivity contribution in [1.82, 2.24) is 20.4 Å². The molecule has 0 aliphatic carbocycles. The highest BCUT2D eigenvalue weighted by molar-refractivity contribution is 7.98. The average molecular weight is 304 g/mol. The molecular formula is C13H12N4O3S. The average Bonchev–Trinajstić information content (AvgIpc) is 3.14. The Bertz CT molecular complexity index is 723. The Balaban J connectivity index is 1.67. The van der Waals surface area contributed by atoms with Crippen molar-refractivity contribution in [1.29, 1.82) is 0 Å². The summed E-state index contributed by atoms with van der Waals surface area (Å²) in [5.41, 5.74) is 0.841.